The number of carbonyl (C=O) groups excluding carboxylic acids is 2. The van der Waals surface area contributed by atoms with Gasteiger partial charge < -0.3 is 16.0 Å². The Kier molecular flexibility index (Phi) is 9.86. The number of nitrogens with one attached hydrogen (secondary N) is 3. The molecule has 3 N–H and O–H groups in total. The third-order valence-electron chi connectivity index (χ3n) is 4.37. The predicted molar refractivity (Wildman–Crippen MR) is 123 cm³/mol. The van der Waals surface area contributed by atoms with Crippen LogP contribution >= 0.6 is 12.2 Å². The van der Waals surface area contributed by atoms with Crippen molar-refractivity contribution in [1.82, 2.24) is 5.32 Å². The van der Waals surface area contributed by atoms with E-state index in [0.29, 0.717) is 24.2 Å². The van der Waals surface area contributed by atoms with Crippen LogP contribution in [-0.2, 0) is 16.0 Å². The van der Waals surface area contributed by atoms with E-state index >= 15 is 0 Å². The number of carbonyl (C=O) groups is 2. The molecule has 0 atom stereocenters. The molecule has 0 aromatic heterocycles. The zero-order valence-electron chi connectivity index (χ0n) is 16.9. The van der Waals surface area contributed by atoms with Crippen LogP contribution in [0, 0.1) is 0 Å². The molecular formula is C23H29N3O2S. The topological polar surface area (TPSA) is 70.2 Å². The first-order valence-corrected chi connectivity index (χ1v) is 10.5. The minimum atomic E-state index is -0.0905. The summed E-state index contributed by atoms with van der Waals surface area (Å²) in [4.78, 5) is 24.2. The lowest BCUT2D eigenvalue weighted by Gasteiger charge is -2.11. The Morgan fingerprint density at radius 3 is 2.24 bits per heavy atom. The van der Waals surface area contributed by atoms with Gasteiger partial charge in [0.05, 0.1) is 6.42 Å². The second-order valence-electron chi connectivity index (χ2n) is 6.96. The SMILES string of the molecule is CCCCCCCC(=O)NC(=S)Nc1cccc(NC(=O)Cc2ccccc2)c1. The lowest BCUT2D eigenvalue weighted by atomic mass is 10.1. The fraction of sp³-hybridized carbons (Fsp3) is 0.348. The molecule has 0 aliphatic rings. The number of unbranched alkanes of at least 4 members (excludes halogenated alkanes) is 4. The summed E-state index contributed by atoms with van der Waals surface area (Å²) in [5.74, 6) is -0.168. The van der Waals surface area contributed by atoms with E-state index < -0.39 is 0 Å². The molecular weight excluding hydrogens is 382 g/mol. The lowest BCUT2D eigenvalue weighted by molar-refractivity contribution is -0.119. The maximum atomic E-state index is 12.2. The van der Waals surface area contributed by atoms with Gasteiger partial charge in [0.1, 0.15) is 0 Å². The van der Waals surface area contributed by atoms with Crippen molar-refractivity contribution in [3.8, 4) is 0 Å². The van der Waals surface area contributed by atoms with Crippen LogP contribution in [-0.4, -0.2) is 16.9 Å². The van der Waals surface area contributed by atoms with E-state index in [1.165, 1.54) is 12.8 Å². The number of amides is 2. The molecule has 0 unspecified atom stereocenters. The summed E-state index contributed by atoms with van der Waals surface area (Å²) in [6, 6.07) is 16.8. The van der Waals surface area contributed by atoms with Gasteiger partial charge in [-0.15, -0.1) is 0 Å². The predicted octanol–water partition coefficient (Wildman–Crippen LogP) is 5.04. The van der Waals surface area contributed by atoms with Crippen molar-refractivity contribution in [3.63, 3.8) is 0 Å². The third-order valence-corrected chi connectivity index (χ3v) is 4.58. The van der Waals surface area contributed by atoms with Gasteiger partial charge in [-0.3, -0.25) is 9.59 Å². The van der Waals surface area contributed by atoms with Gasteiger partial charge in [-0.05, 0) is 42.4 Å². The first-order chi connectivity index (χ1) is 14.1. The Morgan fingerprint density at radius 2 is 1.52 bits per heavy atom. The van der Waals surface area contributed by atoms with Crippen molar-refractivity contribution in [2.24, 2.45) is 0 Å². The minimum absolute atomic E-state index is 0.0775. The van der Waals surface area contributed by atoms with E-state index in [-0.39, 0.29) is 16.9 Å². The monoisotopic (exact) mass is 411 g/mol. The molecule has 0 bridgehead atoms. The van der Waals surface area contributed by atoms with Crippen LogP contribution in [0.1, 0.15) is 51.0 Å². The third kappa shape index (κ3) is 9.34. The summed E-state index contributed by atoms with van der Waals surface area (Å²) in [7, 11) is 0. The van der Waals surface area contributed by atoms with E-state index in [4.69, 9.17) is 12.2 Å². The molecule has 0 saturated carbocycles. The molecule has 29 heavy (non-hydrogen) atoms. The van der Waals surface area contributed by atoms with E-state index in [1.807, 2.05) is 48.5 Å². The van der Waals surface area contributed by atoms with Gasteiger partial charge >= 0.3 is 0 Å². The quantitative estimate of drug-likeness (QED) is 0.378. The van der Waals surface area contributed by atoms with E-state index in [2.05, 4.69) is 22.9 Å². The fourth-order valence-electron chi connectivity index (χ4n) is 2.90. The van der Waals surface area contributed by atoms with Crippen LogP contribution in [0.5, 0.6) is 0 Å². The van der Waals surface area contributed by atoms with Gasteiger partial charge in [0.2, 0.25) is 11.8 Å². The lowest BCUT2D eigenvalue weighted by Crippen LogP contribution is -2.33. The summed E-state index contributed by atoms with van der Waals surface area (Å²) in [5, 5.41) is 8.84. The summed E-state index contributed by atoms with van der Waals surface area (Å²) >= 11 is 5.22. The number of rotatable bonds is 10. The smallest absolute Gasteiger partial charge is 0.228 e. The van der Waals surface area contributed by atoms with Gasteiger partial charge in [0.15, 0.2) is 5.11 Å². The Bertz CT molecular complexity index is 809. The van der Waals surface area contributed by atoms with E-state index in [0.717, 1.165) is 24.8 Å². The maximum Gasteiger partial charge on any atom is 0.228 e. The molecule has 0 spiro atoms. The molecule has 0 fully saturated rings. The Labute approximate surface area is 178 Å². The minimum Gasteiger partial charge on any atom is -0.332 e. The molecule has 0 aliphatic heterocycles. The zero-order valence-corrected chi connectivity index (χ0v) is 17.7. The molecule has 2 amide bonds. The molecule has 2 rings (SSSR count). The van der Waals surface area contributed by atoms with Crippen LogP contribution in [0.25, 0.3) is 0 Å². The van der Waals surface area contributed by atoms with Crippen molar-refractivity contribution < 1.29 is 9.59 Å². The van der Waals surface area contributed by atoms with Crippen LogP contribution < -0.4 is 16.0 Å². The van der Waals surface area contributed by atoms with Crippen LogP contribution in [0.3, 0.4) is 0 Å². The van der Waals surface area contributed by atoms with Crippen molar-refractivity contribution in [2.75, 3.05) is 10.6 Å². The first kappa shape index (κ1) is 22.6. The molecule has 0 heterocycles. The average Bonchev–Trinajstić information content (AvgIpc) is 2.68. The molecule has 0 aliphatic carbocycles. The molecule has 6 heteroatoms. The van der Waals surface area contributed by atoms with Gasteiger partial charge in [0.25, 0.3) is 0 Å². The molecule has 154 valence electrons. The fourth-order valence-corrected chi connectivity index (χ4v) is 3.13. The Morgan fingerprint density at radius 1 is 0.828 bits per heavy atom. The van der Waals surface area contributed by atoms with E-state index in [1.54, 1.807) is 6.07 Å². The van der Waals surface area contributed by atoms with Crippen LogP contribution in [0.4, 0.5) is 11.4 Å². The van der Waals surface area contributed by atoms with Gasteiger partial charge in [-0.1, -0.05) is 69.0 Å². The van der Waals surface area contributed by atoms with Crippen LogP contribution in [0.2, 0.25) is 0 Å². The highest BCUT2D eigenvalue weighted by Gasteiger charge is 2.07. The van der Waals surface area contributed by atoms with Crippen molar-refractivity contribution >= 4 is 40.5 Å². The van der Waals surface area contributed by atoms with E-state index in [9.17, 15) is 9.59 Å². The molecule has 2 aromatic rings. The number of anilines is 2. The molecule has 0 radical (unpaired) electrons. The van der Waals surface area contributed by atoms with Crippen LogP contribution in [0.15, 0.2) is 54.6 Å². The second kappa shape index (κ2) is 12.7. The number of benzene rings is 2. The highest BCUT2D eigenvalue weighted by Crippen LogP contribution is 2.15. The zero-order chi connectivity index (χ0) is 20.9. The normalized spacial score (nSPS) is 10.2. The Hall–Kier alpha value is -2.73. The number of hydrogen-bond acceptors (Lipinski definition) is 3. The van der Waals surface area contributed by atoms with Gasteiger partial charge in [-0.25, -0.2) is 0 Å². The molecule has 0 saturated heterocycles. The highest BCUT2D eigenvalue weighted by molar-refractivity contribution is 7.80. The van der Waals surface area contributed by atoms with Gasteiger partial charge in [-0.2, -0.15) is 0 Å². The standard InChI is InChI=1S/C23H29N3O2S/c1-2-3-4-5-9-15-21(27)26-23(29)25-20-14-10-13-19(17-20)24-22(28)16-18-11-7-6-8-12-18/h6-8,10-14,17H,2-5,9,15-16H2,1H3,(H,24,28)(H2,25,26,27,29). The molecule has 2 aromatic carbocycles. The average molecular weight is 412 g/mol. The largest absolute Gasteiger partial charge is 0.332 e. The van der Waals surface area contributed by atoms with Crippen molar-refractivity contribution in [3.05, 3.63) is 60.2 Å². The summed E-state index contributed by atoms with van der Waals surface area (Å²) < 4.78 is 0. The van der Waals surface area contributed by atoms with Crippen molar-refractivity contribution in [2.45, 2.75) is 51.9 Å². The summed E-state index contributed by atoms with van der Waals surface area (Å²) in [5.41, 5.74) is 2.33. The van der Waals surface area contributed by atoms with Gasteiger partial charge in [0, 0.05) is 17.8 Å². The summed E-state index contributed by atoms with van der Waals surface area (Å²) in [6.07, 6.45) is 6.27. The summed E-state index contributed by atoms with van der Waals surface area (Å²) in [6.45, 7) is 2.17. The second-order valence-corrected chi connectivity index (χ2v) is 7.37. The first-order valence-electron chi connectivity index (χ1n) is 10.1. The number of thiocarbonyl (C=S) groups is 1. The number of hydrogen-bond donors (Lipinski definition) is 3. The molecule has 5 nitrogen and oxygen atoms in total. The van der Waals surface area contributed by atoms with Crippen molar-refractivity contribution in [1.29, 1.82) is 0 Å². The maximum absolute atomic E-state index is 12.2. The Balaban J connectivity index is 1.77. The highest BCUT2D eigenvalue weighted by atomic mass is 32.1.